The second-order valence-corrected chi connectivity index (χ2v) is 1.09. The van der Waals surface area contributed by atoms with Crippen molar-refractivity contribution < 1.29 is 61.2 Å². The molecule has 0 atom stereocenters. The minimum absolute atomic E-state index is 0. The zero-order chi connectivity index (χ0) is 7.28. The van der Waals surface area contributed by atoms with Gasteiger partial charge in [-0.25, -0.2) is 0 Å². The molecule has 0 aliphatic heterocycles. The molecule has 0 radical (unpaired) electrons. The number of allylic oxidation sites excluding steroid dienone is 1. The molecule has 0 heterocycles. The Morgan fingerprint density at radius 2 is 1.80 bits per heavy atom. The van der Waals surface area contributed by atoms with Crippen LogP contribution in [-0.2, 0) is 4.74 Å². The second-order valence-electron chi connectivity index (χ2n) is 1.09. The van der Waals surface area contributed by atoms with E-state index in [0.717, 1.165) is 7.11 Å². The fourth-order valence-corrected chi connectivity index (χ4v) is 0.218. The van der Waals surface area contributed by atoms with E-state index in [-0.39, 0.29) is 51.4 Å². The Bertz CT molecular complexity index is 195. The summed E-state index contributed by atoms with van der Waals surface area (Å²) < 4.78 is 4.07. The molecule has 0 saturated carbocycles. The van der Waals surface area contributed by atoms with E-state index in [2.05, 4.69) is 4.74 Å². The van der Waals surface area contributed by atoms with Crippen LogP contribution in [0.3, 0.4) is 0 Å². The number of ether oxygens (including phenoxy) is 1. The van der Waals surface area contributed by atoms with E-state index in [1.54, 1.807) is 0 Å². The van der Waals surface area contributed by atoms with Crippen molar-refractivity contribution in [1.29, 1.82) is 10.5 Å². The van der Waals surface area contributed by atoms with E-state index in [1.165, 1.54) is 12.1 Å². The van der Waals surface area contributed by atoms with Crippen LogP contribution in [0.5, 0.6) is 0 Å². The molecule has 0 aromatic rings. The Morgan fingerprint density at radius 1 is 1.40 bits per heavy atom. The van der Waals surface area contributed by atoms with Gasteiger partial charge in [0, 0.05) is 0 Å². The molecular weight excluding hydrogens is 159 g/mol. The van der Waals surface area contributed by atoms with Gasteiger partial charge in [0.25, 0.3) is 0 Å². The molecule has 0 aromatic carbocycles. The van der Waals surface area contributed by atoms with Gasteiger partial charge in [0.05, 0.1) is 5.95 Å². The maximum Gasteiger partial charge on any atom is 1.00 e. The van der Waals surface area contributed by atoms with Crippen LogP contribution in [0, 0.1) is 22.7 Å². The SMILES string of the molecule is COC([O-])=C(C#N)C#N.[K+]. The van der Waals surface area contributed by atoms with Crippen LogP contribution in [0.2, 0.25) is 0 Å². The summed E-state index contributed by atoms with van der Waals surface area (Å²) in [4.78, 5) is 0. The first-order chi connectivity index (χ1) is 4.26. The van der Waals surface area contributed by atoms with Gasteiger partial charge in [0.1, 0.15) is 12.1 Å². The molecule has 0 rings (SSSR count). The summed E-state index contributed by atoms with van der Waals surface area (Å²) in [6.07, 6.45) is 0. The molecule has 4 nitrogen and oxygen atoms in total. The number of nitriles is 2. The minimum Gasteiger partial charge on any atom is -0.615 e. The van der Waals surface area contributed by atoms with Crippen LogP contribution < -0.4 is 56.5 Å². The molecule has 0 N–H and O–H groups in total. The molecule has 0 aliphatic rings. The predicted octanol–water partition coefficient (Wildman–Crippen LogP) is -3.74. The fourth-order valence-electron chi connectivity index (χ4n) is 0.218. The van der Waals surface area contributed by atoms with E-state index >= 15 is 0 Å². The Hall–Kier alpha value is -0.0436. The van der Waals surface area contributed by atoms with Crippen LogP contribution in [0.25, 0.3) is 0 Å². The van der Waals surface area contributed by atoms with Crippen molar-refractivity contribution in [1.82, 2.24) is 0 Å². The van der Waals surface area contributed by atoms with Gasteiger partial charge in [-0.3, -0.25) is 0 Å². The van der Waals surface area contributed by atoms with Crippen molar-refractivity contribution in [2.75, 3.05) is 7.11 Å². The molecule has 0 aromatic heterocycles. The minimum atomic E-state index is -0.889. The van der Waals surface area contributed by atoms with Gasteiger partial charge in [-0.2, -0.15) is 10.5 Å². The number of rotatable bonds is 1. The van der Waals surface area contributed by atoms with E-state index in [9.17, 15) is 5.11 Å². The molecule has 0 saturated heterocycles. The Morgan fingerprint density at radius 3 is 1.90 bits per heavy atom. The van der Waals surface area contributed by atoms with Gasteiger partial charge in [0.15, 0.2) is 5.57 Å². The summed E-state index contributed by atoms with van der Waals surface area (Å²) in [6, 6.07) is 2.77. The zero-order valence-electron chi connectivity index (χ0n) is 5.71. The summed E-state index contributed by atoms with van der Waals surface area (Å²) in [6.45, 7) is 0. The fraction of sp³-hybridized carbons (Fsp3) is 0.200. The molecular formula is C5H3KN2O2. The number of methoxy groups -OCH3 is 1. The molecule has 0 spiro atoms. The van der Waals surface area contributed by atoms with Gasteiger partial charge >= 0.3 is 51.4 Å². The smallest absolute Gasteiger partial charge is 0.615 e. The zero-order valence-corrected chi connectivity index (χ0v) is 8.83. The summed E-state index contributed by atoms with van der Waals surface area (Å²) >= 11 is 0. The van der Waals surface area contributed by atoms with Gasteiger partial charge in [-0.1, -0.05) is 0 Å². The predicted molar refractivity (Wildman–Crippen MR) is 25.3 cm³/mol. The normalized spacial score (nSPS) is 5.90. The molecule has 0 aliphatic carbocycles. The Balaban J connectivity index is 0. The maximum atomic E-state index is 10.3. The summed E-state index contributed by atoms with van der Waals surface area (Å²) in [5, 5.41) is 26.3. The van der Waals surface area contributed by atoms with E-state index in [0.29, 0.717) is 0 Å². The monoisotopic (exact) mass is 162 g/mol. The van der Waals surface area contributed by atoms with Crippen LogP contribution in [0.1, 0.15) is 0 Å². The number of hydrogen-bond donors (Lipinski definition) is 0. The molecule has 0 bridgehead atoms. The van der Waals surface area contributed by atoms with Crippen LogP contribution >= 0.6 is 0 Å². The first-order valence-corrected chi connectivity index (χ1v) is 2.01. The third-order valence-electron chi connectivity index (χ3n) is 0.613. The van der Waals surface area contributed by atoms with Crippen molar-refractivity contribution in [3.05, 3.63) is 11.5 Å². The van der Waals surface area contributed by atoms with Crippen LogP contribution in [0.15, 0.2) is 11.5 Å². The Labute approximate surface area is 101 Å². The van der Waals surface area contributed by atoms with Crippen molar-refractivity contribution in [2.24, 2.45) is 0 Å². The first-order valence-electron chi connectivity index (χ1n) is 2.01. The summed E-state index contributed by atoms with van der Waals surface area (Å²) in [7, 11) is 1.11. The van der Waals surface area contributed by atoms with E-state index in [1.807, 2.05) is 0 Å². The molecule has 0 fully saturated rings. The third-order valence-corrected chi connectivity index (χ3v) is 0.613. The standard InChI is InChI=1S/C5H4N2O2.K/c1-9-5(8)4(2-6)3-7;/h8H,1H3;/q;+1/p-1. The van der Waals surface area contributed by atoms with Crippen molar-refractivity contribution in [3.63, 3.8) is 0 Å². The molecule has 0 amide bonds. The maximum absolute atomic E-state index is 10.3. The number of hydrogen-bond acceptors (Lipinski definition) is 4. The molecule has 0 unspecified atom stereocenters. The van der Waals surface area contributed by atoms with Gasteiger partial charge in [-0.15, -0.1) is 0 Å². The van der Waals surface area contributed by atoms with Crippen molar-refractivity contribution >= 4 is 0 Å². The molecule has 46 valence electrons. The molecule has 10 heavy (non-hydrogen) atoms. The summed E-state index contributed by atoms with van der Waals surface area (Å²) in [5.74, 6) is -0.889. The number of nitrogens with zero attached hydrogens (tertiary/aromatic N) is 2. The van der Waals surface area contributed by atoms with E-state index < -0.39 is 11.5 Å². The van der Waals surface area contributed by atoms with Crippen molar-refractivity contribution in [2.45, 2.75) is 0 Å². The summed E-state index contributed by atoms with van der Waals surface area (Å²) in [5.41, 5.74) is -0.530. The van der Waals surface area contributed by atoms with E-state index in [4.69, 9.17) is 10.5 Å². The second kappa shape index (κ2) is 7.07. The van der Waals surface area contributed by atoms with Gasteiger partial charge in [0.2, 0.25) is 0 Å². The van der Waals surface area contributed by atoms with Gasteiger partial charge < -0.3 is 9.84 Å². The first kappa shape index (κ1) is 12.6. The Kier molecular flexibility index (Phi) is 8.92. The third kappa shape index (κ3) is 3.88. The average Bonchev–Trinajstić information content (AvgIpc) is 1.90. The quantitative estimate of drug-likeness (QED) is 0.225. The van der Waals surface area contributed by atoms with Crippen LogP contribution in [0.4, 0.5) is 0 Å². The van der Waals surface area contributed by atoms with Gasteiger partial charge in [-0.05, 0) is 7.11 Å². The van der Waals surface area contributed by atoms with Crippen molar-refractivity contribution in [3.8, 4) is 12.1 Å². The topological polar surface area (TPSA) is 79.9 Å². The average molecular weight is 162 g/mol. The largest absolute Gasteiger partial charge is 1.00 e. The molecule has 5 heteroatoms. The van der Waals surface area contributed by atoms with Crippen LogP contribution in [-0.4, -0.2) is 7.11 Å².